The van der Waals surface area contributed by atoms with Crippen LogP contribution in [0.5, 0.6) is 0 Å². The number of fused-ring (bicyclic) bond motifs is 4. The molecule has 7 aromatic rings. The average Bonchev–Trinajstić information content (AvgIpc) is 3.49. The van der Waals surface area contributed by atoms with Gasteiger partial charge in [0.05, 0.1) is 6.04 Å². The lowest BCUT2D eigenvalue weighted by molar-refractivity contribution is 0.333. The fourth-order valence-electron chi connectivity index (χ4n) is 9.79. The zero-order chi connectivity index (χ0) is 37.6. The summed E-state index contributed by atoms with van der Waals surface area (Å²) in [6.45, 7) is 4.87. The van der Waals surface area contributed by atoms with Crippen LogP contribution in [0.25, 0.3) is 55.3 Å². The maximum Gasteiger partial charge on any atom is 0.0562 e. The van der Waals surface area contributed by atoms with Gasteiger partial charge in [-0.2, -0.15) is 0 Å². The van der Waals surface area contributed by atoms with Crippen LogP contribution in [0.3, 0.4) is 0 Å². The molecule has 270 valence electrons. The first kappa shape index (κ1) is 34.1. The van der Waals surface area contributed by atoms with Crippen LogP contribution in [0.2, 0.25) is 0 Å². The Labute approximate surface area is 331 Å². The van der Waals surface area contributed by atoms with Crippen molar-refractivity contribution in [3.8, 4) is 44.5 Å². The smallest absolute Gasteiger partial charge is 0.0562 e. The summed E-state index contributed by atoms with van der Waals surface area (Å²) in [6.07, 6.45) is 15.5. The lowest BCUT2D eigenvalue weighted by atomic mass is 9.75. The van der Waals surface area contributed by atoms with Gasteiger partial charge in [0.2, 0.25) is 0 Å². The predicted molar refractivity (Wildman–Crippen MR) is 238 cm³/mol. The van der Waals surface area contributed by atoms with E-state index in [-0.39, 0.29) is 11.5 Å². The standard InChI is InChI=1S/C55H45N/c1-55(2)52-28-15-14-27-49(52)51-37-45(31-34-53(51)55)56(44-30-33-46(38-17-6-3-7-18-38)50(36-44)39-19-8-4-9-20-39)43-25-16-24-42(35-43)48-32-29-40-21-12-13-26-47(40)54(48)41-22-10-5-11-23-41/h3-30,32-37,45,49,52H,31H2,1-2H3. The van der Waals surface area contributed by atoms with Gasteiger partial charge in [-0.3, -0.25) is 0 Å². The summed E-state index contributed by atoms with van der Waals surface area (Å²) >= 11 is 0. The fourth-order valence-corrected chi connectivity index (χ4v) is 9.79. The number of benzene rings is 7. The summed E-state index contributed by atoms with van der Waals surface area (Å²) in [7, 11) is 0. The van der Waals surface area contributed by atoms with Gasteiger partial charge in [-0.15, -0.1) is 0 Å². The Balaban J connectivity index is 1.17. The van der Waals surface area contributed by atoms with Crippen molar-refractivity contribution in [2.75, 3.05) is 4.90 Å². The molecule has 0 spiro atoms. The molecule has 1 heteroatoms. The summed E-state index contributed by atoms with van der Waals surface area (Å²) in [6, 6.07) is 62.4. The monoisotopic (exact) mass is 719 g/mol. The third-order valence-corrected chi connectivity index (χ3v) is 12.5. The van der Waals surface area contributed by atoms with Gasteiger partial charge in [-0.05, 0) is 108 Å². The maximum absolute atomic E-state index is 2.61. The largest absolute Gasteiger partial charge is 0.334 e. The van der Waals surface area contributed by atoms with Crippen LogP contribution in [0, 0.1) is 17.3 Å². The van der Waals surface area contributed by atoms with Gasteiger partial charge in [0.25, 0.3) is 0 Å². The molecule has 3 unspecified atom stereocenters. The van der Waals surface area contributed by atoms with Crippen LogP contribution in [-0.4, -0.2) is 6.04 Å². The van der Waals surface area contributed by atoms with Crippen LogP contribution in [-0.2, 0) is 0 Å². The summed E-state index contributed by atoms with van der Waals surface area (Å²) in [5, 5.41) is 2.52. The molecule has 0 N–H and O–H groups in total. The minimum Gasteiger partial charge on any atom is -0.334 e. The highest BCUT2D eigenvalue weighted by atomic mass is 15.2. The van der Waals surface area contributed by atoms with Gasteiger partial charge in [0.1, 0.15) is 0 Å². The summed E-state index contributed by atoms with van der Waals surface area (Å²) in [5.41, 5.74) is 15.3. The Hall–Kier alpha value is -6.44. The second-order valence-electron chi connectivity index (χ2n) is 16.0. The normalized spacial score (nSPS) is 19.2. The molecule has 0 aliphatic heterocycles. The Morgan fingerprint density at radius 2 is 1.14 bits per heavy atom. The molecule has 1 nitrogen and oxygen atoms in total. The Bertz CT molecular complexity index is 2690. The molecule has 3 aliphatic carbocycles. The highest BCUT2D eigenvalue weighted by Gasteiger charge is 2.48. The molecule has 1 fully saturated rings. The van der Waals surface area contributed by atoms with E-state index in [9.17, 15) is 0 Å². The molecule has 0 heterocycles. The molecule has 3 atom stereocenters. The first-order chi connectivity index (χ1) is 27.5. The third-order valence-electron chi connectivity index (χ3n) is 12.5. The van der Waals surface area contributed by atoms with Gasteiger partial charge in [0, 0.05) is 17.3 Å². The quantitative estimate of drug-likeness (QED) is 0.159. The number of rotatable bonds is 7. The Kier molecular flexibility index (Phi) is 8.52. The van der Waals surface area contributed by atoms with Crippen molar-refractivity contribution in [1.82, 2.24) is 0 Å². The zero-order valence-corrected chi connectivity index (χ0v) is 32.0. The van der Waals surface area contributed by atoms with Gasteiger partial charge < -0.3 is 4.90 Å². The average molecular weight is 720 g/mol. The molecule has 0 aromatic heterocycles. The van der Waals surface area contributed by atoms with E-state index >= 15 is 0 Å². The van der Waals surface area contributed by atoms with Crippen LogP contribution in [0.4, 0.5) is 11.4 Å². The van der Waals surface area contributed by atoms with Crippen molar-refractivity contribution in [1.29, 1.82) is 0 Å². The molecule has 56 heavy (non-hydrogen) atoms. The molecular weight excluding hydrogens is 675 g/mol. The lowest BCUT2D eigenvalue weighted by Crippen LogP contribution is -2.31. The molecule has 0 radical (unpaired) electrons. The molecule has 0 saturated heterocycles. The molecular formula is C55H45N. The lowest BCUT2D eigenvalue weighted by Gasteiger charge is -2.36. The van der Waals surface area contributed by atoms with Gasteiger partial charge in [0.15, 0.2) is 0 Å². The summed E-state index contributed by atoms with van der Waals surface area (Å²) in [5.74, 6) is 0.864. The maximum atomic E-state index is 2.61. The Morgan fingerprint density at radius 1 is 0.518 bits per heavy atom. The van der Waals surface area contributed by atoms with Crippen molar-refractivity contribution in [3.63, 3.8) is 0 Å². The number of hydrogen-bond acceptors (Lipinski definition) is 1. The molecule has 1 saturated carbocycles. The Morgan fingerprint density at radius 3 is 1.91 bits per heavy atom. The highest BCUT2D eigenvalue weighted by Crippen LogP contribution is 2.57. The van der Waals surface area contributed by atoms with E-state index in [1.807, 2.05) is 0 Å². The summed E-state index contributed by atoms with van der Waals surface area (Å²) in [4.78, 5) is 2.61. The molecule has 3 aliphatic rings. The minimum atomic E-state index is 0.0925. The van der Waals surface area contributed by atoms with Crippen molar-refractivity contribution in [2.24, 2.45) is 17.3 Å². The van der Waals surface area contributed by atoms with E-state index in [4.69, 9.17) is 0 Å². The third kappa shape index (κ3) is 5.87. The first-order valence-electron chi connectivity index (χ1n) is 20.0. The van der Waals surface area contributed by atoms with Crippen molar-refractivity contribution in [2.45, 2.75) is 26.3 Å². The predicted octanol–water partition coefficient (Wildman–Crippen LogP) is 14.7. The molecule has 7 aromatic carbocycles. The van der Waals surface area contributed by atoms with Crippen molar-refractivity contribution >= 4 is 22.1 Å². The van der Waals surface area contributed by atoms with Crippen molar-refractivity contribution < 1.29 is 0 Å². The van der Waals surface area contributed by atoms with E-state index in [0.717, 1.165) is 6.42 Å². The molecule has 0 bridgehead atoms. The van der Waals surface area contributed by atoms with Crippen LogP contribution in [0.1, 0.15) is 20.3 Å². The van der Waals surface area contributed by atoms with E-state index in [0.29, 0.717) is 11.8 Å². The number of hydrogen-bond donors (Lipinski definition) is 0. The van der Waals surface area contributed by atoms with E-state index in [2.05, 4.69) is 225 Å². The van der Waals surface area contributed by atoms with E-state index in [1.54, 1.807) is 0 Å². The molecule has 10 rings (SSSR count). The van der Waals surface area contributed by atoms with Gasteiger partial charge in [-0.25, -0.2) is 0 Å². The highest BCUT2D eigenvalue weighted by molar-refractivity contribution is 6.04. The van der Waals surface area contributed by atoms with E-state index in [1.165, 1.54) is 77.8 Å². The second-order valence-corrected chi connectivity index (χ2v) is 16.0. The second kappa shape index (κ2) is 14.0. The number of anilines is 2. The summed E-state index contributed by atoms with van der Waals surface area (Å²) < 4.78 is 0. The number of allylic oxidation sites excluding steroid dienone is 6. The van der Waals surface area contributed by atoms with Gasteiger partial charge >= 0.3 is 0 Å². The van der Waals surface area contributed by atoms with Crippen LogP contribution >= 0.6 is 0 Å². The zero-order valence-electron chi connectivity index (χ0n) is 32.0. The fraction of sp³-hybridized carbons (Fsp3) is 0.127. The van der Waals surface area contributed by atoms with Crippen molar-refractivity contribution in [3.05, 3.63) is 217 Å². The van der Waals surface area contributed by atoms with Gasteiger partial charge in [-0.1, -0.05) is 196 Å². The van der Waals surface area contributed by atoms with Crippen LogP contribution in [0.15, 0.2) is 217 Å². The number of nitrogens with zero attached hydrogens (tertiary/aromatic N) is 1. The van der Waals surface area contributed by atoms with Crippen LogP contribution < -0.4 is 4.90 Å². The minimum absolute atomic E-state index is 0.0925. The first-order valence-corrected chi connectivity index (χ1v) is 20.0. The SMILES string of the molecule is CC1(C)C2=CCC(N(c3cccc(-c4ccc5ccccc5c4-c4ccccc4)c3)c3ccc(-c4ccccc4)c(-c4ccccc4)c3)C=C2C2C=CC=CC21. The molecule has 0 amide bonds. The van der Waals surface area contributed by atoms with E-state index < -0.39 is 0 Å². The topological polar surface area (TPSA) is 3.24 Å².